The molecule has 2 rings (SSSR count). The largest absolute Gasteiger partial charge is 0.350 e. The Labute approximate surface area is 123 Å². The van der Waals surface area contributed by atoms with Gasteiger partial charge in [-0.15, -0.1) is 0 Å². The van der Waals surface area contributed by atoms with Crippen molar-refractivity contribution in [2.75, 3.05) is 13.1 Å². The molecule has 1 heterocycles. The van der Waals surface area contributed by atoms with Gasteiger partial charge in [-0.25, -0.2) is 4.39 Å². The number of hydrogen-bond acceptors (Lipinski definition) is 3. The molecule has 0 aliphatic carbocycles. The Morgan fingerprint density at radius 2 is 2.14 bits per heavy atom. The van der Waals surface area contributed by atoms with Gasteiger partial charge in [0.1, 0.15) is 5.82 Å². The van der Waals surface area contributed by atoms with Crippen molar-refractivity contribution >= 4 is 16.8 Å². The molecule has 2 N–H and O–H groups in total. The molecule has 0 aliphatic rings. The molecule has 0 bridgehead atoms. The van der Waals surface area contributed by atoms with E-state index in [1.807, 2.05) is 13.8 Å². The molecule has 0 spiro atoms. The molecule has 4 nitrogen and oxygen atoms in total. The van der Waals surface area contributed by atoms with Crippen LogP contribution in [0.15, 0.2) is 24.3 Å². The fourth-order valence-electron chi connectivity index (χ4n) is 2.23. The van der Waals surface area contributed by atoms with Crippen molar-refractivity contribution in [3.63, 3.8) is 0 Å². The third-order valence-corrected chi connectivity index (χ3v) is 3.34. The van der Waals surface area contributed by atoms with Crippen LogP contribution in [0.5, 0.6) is 0 Å². The SMILES string of the molecule is CCN[C@H](C)CNC(=O)c1cc2ccc(F)cc2nc1C. The van der Waals surface area contributed by atoms with Crippen molar-refractivity contribution in [3.05, 3.63) is 41.3 Å². The Balaban J connectivity index is 2.19. The van der Waals surface area contributed by atoms with Crippen molar-refractivity contribution in [1.82, 2.24) is 15.6 Å². The molecule has 0 fully saturated rings. The number of benzene rings is 1. The molecular formula is C16H20FN3O. The normalized spacial score (nSPS) is 12.4. The van der Waals surface area contributed by atoms with Gasteiger partial charge >= 0.3 is 0 Å². The highest BCUT2D eigenvalue weighted by Crippen LogP contribution is 2.17. The number of halogens is 1. The highest BCUT2D eigenvalue weighted by molar-refractivity contribution is 5.98. The van der Waals surface area contributed by atoms with E-state index in [2.05, 4.69) is 15.6 Å². The lowest BCUT2D eigenvalue weighted by Crippen LogP contribution is -2.39. The molecule has 0 unspecified atom stereocenters. The number of fused-ring (bicyclic) bond motifs is 1. The smallest absolute Gasteiger partial charge is 0.253 e. The van der Waals surface area contributed by atoms with E-state index in [0.29, 0.717) is 23.3 Å². The maximum atomic E-state index is 13.2. The van der Waals surface area contributed by atoms with Gasteiger partial charge in [0.15, 0.2) is 0 Å². The fraction of sp³-hybridized carbons (Fsp3) is 0.375. The lowest BCUT2D eigenvalue weighted by atomic mass is 10.1. The van der Waals surface area contributed by atoms with Gasteiger partial charge < -0.3 is 10.6 Å². The first kappa shape index (κ1) is 15.4. The lowest BCUT2D eigenvalue weighted by Gasteiger charge is -2.14. The van der Waals surface area contributed by atoms with Crippen LogP contribution < -0.4 is 10.6 Å². The van der Waals surface area contributed by atoms with Crippen molar-refractivity contribution in [1.29, 1.82) is 0 Å². The van der Waals surface area contributed by atoms with Crippen molar-refractivity contribution < 1.29 is 9.18 Å². The zero-order valence-corrected chi connectivity index (χ0v) is 12.5. The second-order valence-electron chi connectivity index (χ2n) is 5.13. The fourth-order valence-corrected chi connectivity index (χ4v) is 2.23. The van der Waals surface area contributed by atoms with Crippen molar-refractivity contribution in [2.24, 2.45) is 0 Å². The maximum Gasteiger partial charge on any atom is 0.253 e. The van der Waals surface area contributed by atoms with Crippen LogP contribution in [0.4, 0.5) is 4.39 Å². The highest BCUT2D eigenvalue weighted by atomic mass is 19.1. The summed E-state index contributed by atoms with van der Waals surface area (Å²) in [4.78, 5) is 16.5. The zero-order valence-electron chi connectivity index (χ0n) is 12.5. The summed E-state index contributed by atoms with van der Waals surface area (Å²) in [5, 5.41) is 6.87. The van der Waals surface area contributed by atoms with Crippen LogP contribution in [0.25, 0.3) is 10.9 Å². The Hall–Kier alpha value is -2.01. The molecule has 112 valence electrons. The molecule has 0 aliphatic heterocycles. The van der Waals surface area contributed by atoms with Crippen LogP contribution in [0.3, 0.4) is 0 Å². The average Bonchev–Trinajstić information content (AvgIpc) is 2.44. The van der Waals surface area contributed by atoms with Crippen LogP contribution in [-0.2, 0) is 0 Å². The molecule has 0 radical (unpaired) electrons. The van der Waals surface area contributed by atoms with Gasteiger partial charge in [-0.05, 0) is 38.6 Å². The Bertz CT molecular complexity index is 657. The van der Waals surface area contributed by atoms with Gasteiger partial charge in [0.2, 0.25) is 0 Å². The number of nitrogens with one attached hydrogen (secondary N) is 2. The predicted octanol–water partition coefficient (Wildman–Crippen LogP) is 2.41. The number of pyridine rings is 1. The van der Waals surface area contributed by atoms with Crippen LogP contribution in [0, 0.1) is 12.7 Å². The predicted molar refractivity (Wildman–Crippen MR) is 81.9 cm³/mol. The molecule has 1 aromatic carbocycles. The van der Waals surface area contributed by atoms with Crippen molar-refractivity contribution in [3.8, 4) is 0 Å². The molecule has 0 saturated heterocycles. The minimum Gasteiger partial charge on any atom is -0.350 e. The van der Waals surface area contributed by atoms with Gasteiger partial charge in [-0.3, -0.25) is 9.78 Å². The number of carbonyl (C=O) groups excluding carboxylic acids is 1. The van der Waals surface area contributed by atoms with E-state index in [-0.39, 0.29) is 17.8 Å². The molecule has 0 saturated carbocycles. The summed E-state index contributed by atoms with van der Waals surface area (Å²) in [5.74, 6) is -0.484. The Morgan fingerprint density at radius 3 is 2.86 bits per heavy atom. The number of nitrogens with zero attached hydrogens (tertiary/aromatic N) is 1. The molecular weight excluding hydrogens is 269 g/mol. The first-order valence-corrected chi connectivity index (χ1v) is 7.09. The molecule has 1 atom stereocenters. The number of likely N-dealkylation sites (N-methyl/N-ethyl adjacent to an activating group) is 1. The third kappa shape index (κ3) is 3.76. The molecule has 5 heteroatoms. The van der Waals surface area contributed by atoms with Crippen LogP contribution >= 0.6 is 0 Å². The van der Waals surface area contributed by atoms with E-state index in [1.54, 1.807) is 19.1 Å². The number of carbonyl (C=O) groups is 1. The molecule has 21 heavy (non-hydrogen) atoms. The van der Waals surface area contributed by atoms with Gasteiger partial charge in [0, 0.05) is 24.0 Å². The summed E-state index contributed by atoms with van der Waals surface area (Å²) < 4.78 is 13.2. The minimum absolute atomic E-state index is 0.157. The molecule has 1 aromatic heterocycles. The van der Waals surface area contributed by atoms with Crippen LogP contribution in [0.1, 0.15) is 29.9 Å². The second-order valence-corrected chi connectivity index (χ2v) is 5.13. The first-order valence-electron chi connectivity index (χ1n) is 7.09. The summed E-state index contributed by atoms with van der Waals surface area (Å²) in [7, 11) is 0. The number of aromatic nitrogens is 1. The van der Waals surface area contributed by atoms with E-state index in [1.165, 1.54) is 12.1 Å². The zero-order chi connectivity index (χ0) is 15.4. The minimum atomic E-state index is -0.328. The van der Waals surface area contributed by atoms with Crippen molar-refractivity contribution in [2.45, 2.75) is 26.8 Å². The van der Waals surface area contributed by atoms with E-state index in [0.717, 1.165) is 11.9 Å². The quantitative estimate of drug-likeness (QED) is 0.888. The van der Waals surface area contributed by atoms with Crippen LogP contribution in [-0.4, -0.2) is 30.0 Å². The number of aryl methyl sites for hydroxylation is 1. The third-order valence-electron chi connectivity index (χ3n) is 3.34. The first-order chi connectivity index (χ1) is 10.0. The van der Waals surface area contributed by atoms with Gasteiger partial charge in [-0.1, -0.05) is 6.92 Å². The van der Waals surface area contributed by atoms with Gasteiger partial charge in [-0.2, -0.15) is 0 Å². The molecule has 1 amide bonds. The summed E-state index contributed by atoms with van der Waals surface area (Å²) in [5.41, 5.74) is 1.68. The topological polar surface area (TPSA) is 54.0 Å². The van der Waals surface area contributed by atoms with E-state index in [9.17, 15) is 9.18 Å². The summed E-state index contributed by atoms with van der Waals surface area (Å²) >= 11 is 0. The van der Waals surface area contributed by atoms with Gasteiger partial charge in [0.25, 0.3) is 5.91 Å². The van der Waals surface area contributed by atoms with Crippen LogP contribution in [0.2, 0.25) is 0 Å². The summed E-state index contributed by atoms with van der Waals surface area (Å²) in [6, 6.07) is 6.34. The summed E-state index contributed by atoms with van der Waals surface area (Å²) in [6.45, 7) is 7.20. The monoisotopic (exact) mass is 289 g/mol. The van der Waals surface area contributed by atoms with E-state index >= 15 is 0 Å². The van der Waals surface area contributed by atoms with E-state index < -0.39 is 0 Å². The number of hydrogen-bond donors (Lipinski definition) is 2. The Kier molecular flexibility index (Phi) is 4.85. The van der Waals surface area contributed by atoms with E-state index in [4.69, 9.17) is 0 Å². The number of amides is 1. The highest BCUT2D eigenvalue weighted by Gasteiger charge is 2.12. The van der Waals surface area contributed by atoms with Gasteiger partial charge in [0.05, 0.1) is 16.8 Å². The Morgan fingerprint density at radius 1 is 1.38 bits per heavy atom. The second kappa shape index (κ2) is 6.63. The number of rotatable bonds is 5. The lowest BCUT2D eigenvalue weighted by molar-refractivity contribution is 0.0949. The summed E-state index contributed by atoms with van der Waals surface area (Å²) in [6.07, 6.45) is 0. The average molecular weight is 289 g/mol. The standard InChI is InChI=1S/C16H20FN3O/c1-4-18-10(2)9-19-16(21)14-7-12-5-6-13(17)8-15(12)20-11(14)3/h5-8,10,18H,4,9H2,1-3H3,(H,19,21)/t10-/m1/s1. The maximum absolute atomic E-state index is 13.2. The molecule has 2 aromatic rings.